The van der Waals surface area contributed by atoms with Crippen LogP contribution in [0.25, 0.3) is 22.2 Å². The van der Waals surface area contributed by atoms with Crippen LogP contribution in [0.5, 0.6) is 11.5 Å². The summed E-state index contributed by atoms with van der Waals surface area (Å²) >= 11 is 1.30. The first-order chi connectivity index (χ1) is 15.1. The Labute approximate surface area is 182 Å². The number of nitrogens with zero attached hydrogens (tertiary/aromatic N) is 2. The first kappa shape index (κ1) is 20.4. The van der Waals surface area contributed by atoms with E-state index in [-0.39, 0.29) is 5.75 Å². The fourth-order valence-corrected chi connectivity index (χ4v) is 3.71. The highest BCUT2D eigenvalue weighted by Gasteiger charge is 2.12. The number of phenols is 1. The molecule has 0 aliphatic carbocycles. The topological polar surface area (TPSA) is 97.0 Å². The van der Waals surface area contributed by atoms with Crippen molar-refractivity contribution in [1.82, 2.24) is 4.98 Å². The van der Waals surface area contributed by atoms with Gasteiger partial charge >= 0.3 is 5.63 Å². The number of aromatic nitrogens is 1. The molecule has 2 aromatic heterocycles. The van der Waals surface area contributed by atoms with Crippen molar-refractivity contribution in [2.45, 2.75) is 6.42 Å². The Morgan fingerprint density at radius 2 is 2.19 bits per heavy atom. The minimum Gasteiger partial charge on any atom is -0.507 e. The molecule has 0 fully saturated rings. The lowest BCUT2D eigenvalue weighted by atomic mass is 10.1. The molecule has 8 heteroatoms. The first-order valence-corrected chi connectivity index (χ1v) is 10.3. The zero-order valence-corrected chi connectivity index (χ0v) is 17.5. The van der Waals surface area contributed by atoms with E-state index in [1.54, 1.807) is 48.9 Å². The van der Waals surface area contributed by atoms with Gasteiger partial charge in [-0.3, -0.25) is 5.43 Å². The quantitative estimate of drug-likeness (QED) is 0.188. The van der Waals surface area contributed by atoms with Gasteiger partial charge in [0, 0.05) is 16.3 Å². The largest absolute Gasteiger partial charge is 0.507 e. The molecule has 0 bridgehead atoms. The second-order valence-corrected chi connectivity index (χ2v) is 7.47. The molecule has 0 saturated heterocycles. The van der Waals surface area contributed by atoms with E-state index < -0.39 is 5.63 Å². The number of methoxy groups -OCH3 is 1. The zero-order valence-electron chi connectivity index (χ0n) is 16.7. The number of fused-ring (bicyclic) bond motifs is 1. The summed E-state index contributed by atoms with van der Waals surface area (Å²) in [4.78, 5) is 16.8. The molecule has 4 rings (SSSR count). The number of phenolic OH excluding ortho intramolecular Hbond substituents is 1. The van der Waals surface area contributed by atoms with Crippen molar-refractivity contribution in [2.24, 2.45) is 5.10 Å². The Kier molecular flexibility index (Phi) is 5.81. The maximum absolute atomic E-state index is 12.4. The number of allylic oxidation sites excluding steroid dienone is 1. The lowest BCUT2D eigenvalue weighted by molar-refractivity contribution is 0.415. The number of thiazole rings is 1. The summed E-state index contributed by atoms with van der Waals surface area (Å²) < 4.78 is 10.6. The monoisotopic (exact) mass is 433 g/mol. The number of nitrogens with one attached hydrogen (secondary N) is 1. The Hall–Kier alpha value is -3.91. The fourth-order valence-electron chi connectivity index (χ4n) is 3.05. The third-order valence-corrected chi connectivity index (χ3v) is 5.35. The summed E-state index contributed by atoms with van der Waals surface area (Å²) in [6.07, 6.45) is 3.81. The highest BCUT2D eigenvalue weighted by Crippen LogP contribution is 2.27. The molecule has 31 heavy (non-hydrogen) atoms. The molecule has 0 aliphatic rings. The van der Waals surface area contributed by atoms with Gasteiger partial charge in [0.25, 0.3) is 0 Å². The van der Waals surface area contributed by atoms with Gasteiger partial charge in [-0.05, 0) is 42.3 Å². The molecule has 7 nitrogen and oxygen atoms in total. The van der Waals surface area contributed by atoms with E-state index in [4.69, 9.17) is 9.15 Å². The van der Waals surface area contributed by atoms with E-state index in [1.165, 1.54) is 17.6 Å². The molecule has 2 heterocycles. The number of benzene rings is 2. The molecule has 0 spiro atoms. The summed E-state index contributed by atoms with van der Waals surface area (Å²) in [5, 5.41) is 17.4. The molecule has 0 saturated carbocycles. The van der Waals surface area contributed by atoms with E-state index in [9.17, 15) is 9.90 Å². The van der Waals surface area contributed by atoms with Crippen LogP contribution in [0.4, 0.5) is 5.13 Å². The van der Waals surface area contributed by atoms with Gasteiger partial charge in [0.2, 0.25) is 5.13 Å². The molecule has 2 aromatic carbocycles. The zero-order chi connectivity index (χ0) is 21.8. The minimum absolute atomic E-state index is 0.164. The third kappa shape index (κ3) is 4.34. The highest BCUT2D eigenvalue weighted by atomic mass is 32.1. The van der Waals surface area contributed by atoms with Gasteiger partial charge in [-0.15, -0.1) is 17.9 Å². The van der Waals surface area contributed by atoms with E-state index in [2.05, 4.69) is 22.1 Å². The van der Waals surface area contributed by atoms with Crippen LogP contribution < -0.4 is 15.8 Å². The van der Waals surface area contributed by atoms with Crippen LogP contribution >= 0.6 is 11.3 Å². The van der Waals surface area contributed by atoms with Crippen LogP contribution in [0.2, 0.25) is 0 Å². The predicted molar refractivity (Wildman–Crippen MR) is 123 cm³/mol. The van der Waals surface area contributed by atoms with Crippen molar-refractivity contribution in [3.8, 4) is 22.8 Å². The molecule has 156 valence electrons. The highest BCUT2D eigenvalue weighted by molar-refractivity contribution is 7.14. The summed E-state index contributed by atoms with van der Waals surface area (Å²) in [7, 11) is 1.58. The van der Waals surface area contributed by atoms with Crippen molar-refractivity contribution in [3.63, 3.8) is 0 Å². The number of rotatable bonds is 7. The standard InChI is InChI=1S/C23H19N3O4S/c1-3-5-14-6-4-7-15(21(14)27)12-24-26-23-25-19(13-31-23)18-11-16-10-17(29-2)8-9-20(16)30-22(18)28/h3-4,6-13,27H,1,5H2,2H3,(H,25,26)/b24-12-. The van der Waals surface area contributed by atoms with E-state index >= 15 is 0 Å². The van der Waals surface area contributed by atoms with Crippen molar-refractivity contribution >= 4 is 33.7 Å². The molecule has 2 N–H and O–H groups in total. The summed E-state index contributed by atoms with van der Waals surface area (Å²) in [5.41, 5.74) is 5.02. The average molecular weight is 433 g/mol. The van der Waals surface area contributed by atoms with Crippen LogP contribution in [-0.2, 0) is 6.42 Å². The number of ether oxygens (including phenoxy) is 1. The number of hydrogen-bond donors (Lipinski definition) is 2. The maximum atomic E-state index is 12.4. The third-order valence-electron chi connectivity index (χ3n) is 4.60. The number of para-hydroxylation sites is 1. The van der Waals surface area contributed by atoms with Crippen LogP contribution in [0.15, 0.2) is 74.8 Å². The summed E-state index contributed by atoms with van der Waals surface area (Å²) in [5.74, 6) is 0.833. The second-order valence-electron chi connectivity index (χ2n) is 6.61. The number of anilines is 1. The maximum Gasteiger partial charge on any atom is 0.345 e. The summed E-state index contributed by atoms with van der Waals surface area (Å²) in [6.45, 7) is 3.69. The Bertz CT molecular complexity index is 1340. The molecule has 0 aliphatic heterocycles. The van der Waals surface area contributed by atoms with Crippen molar-refractivity contribution < 1.29 is 14.3 Å². The van der Waals surface area contributed by atoms with Gasteiger partial charge in [-0.2, -0.15) is 5.10 Å². The van der Waals surface area contributed by atoms with Crippen molar-refractivity contribution in [3.05, 3.63) is 82.0 Å². The predicted octanol–water partition coefficient (Wildman–Crippen LogP) is 4.81. The van der Waals surface area contributed by atoms with Crippen LogP contribution in [0, 0.1) is 0 Å². The Balaban J connectivity index is 1.56. The van der Waals surface area contributed by atoms with Crippen LogP contribution in [0.3, 0.4) is 0 Å². The van der Waals surface area contributed by atoms with Crippen molar-refractivity contribution in [1.29, 1.82) is 0 Å². The minimum atomic E-state index is -0.470. The number of hydrazone groups is 1. The molecular formula is C23H19N3O4S. The normalized spacial score (nSPS) is 11.1. The second kappa shape index (κ2) is 8.85. The van der Waals surface area contributed by atoms with Gasteiger partial charge in [-0.25, -0.2) is 9.78 Å². The lowest BCUT2D eigenvalue weighted by Gasteiger charge is -2.04. The molecular weight excluding hydrogens is 414 g/mol. The van der Waals surface area contributed by atoms with E-state index in [0.717, 1.165) is 10.9 Å². The number of aromatic hydroxyl groups is 1. The molecule has 0 amide bonds. The number of hydrogen-bond acceptors (Lipinski definition) is 8. The molecule has 0 unspecified atom stereocenters. The summed E-state index contributed by atoms with van der Waals surface area (Å²) in [6, 6.07) is 12.4. The molecule has 4 aromatic rings. The first-order valence-electron chi connectivity index (χ1n) is 9.37. The lowest BCUT2D eigenvalue weighted by Crippen LogP contribution is -2.03. The fraction of sp³-hybridized carbons (Fsp3) is 0.0870. The molecule has 0 atom stereocenters. The Morgan fingerprint density at radius 1 is 1.32 bits per heavy atom. The Morgan fingerprint density at radius 3 is 3.00 bits per heavy atom. The smallest absolute Gasteiger partial charge is 0.345 e. The molecule has 0 radical (unpaired) electrons. The van der Waals surface area contributed by atoms with E-state index in [0.29, 0.717) is 39.7 Å². The van der Waals surface area contributed by atoms with Crippen LogP contribution in [0.1, 0.15) is 11.1 Å². The van der Waals surface area contributed by atoms with Crippen LogP contribution in [-0.4, -0.2) is 23.4 Å². The van der Waals surface area contributed by atoms with Crippen molar-refractivity contribution in [2.75, 3.05) is 12.5 Å². The van der Waals surface area contributed by atoms with Gasteiger partial charge in [0.05, 0.1) is 24.6 Å². The average Bonchev–Trinajstić information content (AvgIpc) is 3.24. The van der Waals surface area contributed by atoms with Gasteiger partial charge in [0.15, 0.2) is 0 Å². The van der Waals surface area contributed by atoms with Gasteiger partial charge in [0.1, 0.15) is 17.1 Å². The van der Waals surface area contributed by atoms with E-state index in [1.807, 2.05) is 12.1 Å². The SMILES string of the molecule is C=CCc1cccc(/C=N\Nc2nc(-c3cc4cc(OC)ccc4oc3=O)cs2)c1O. The van der Waals surface area contributed by atoms with Gasteiger partial charge in [-0.1, -0.05) is 18.2 Å². The van der Waals surface area contributed by atoms with Gasteiger partial charge < -0.3 is 14.3 Å².